The minimum absolute atomic E-state index is 0.0958. The van der Waals surface area contributed by atoms with Crippen LogP contribution in [0.15, 0.2) is 0 Å². The van der Waals surface area contributed by atoms with Gasteiger partial charge in [0.25, 0.3) is 0 Å². The maximum Gasteiger partial charge on any atom is 0.113 e. The first-order valence-corrected chi connectivity index (χ1v) is 3.68. The first-order valence-electron chi connectivity index (χ1n) is 3.68. The number of hydrogen-bond acceptors (Lipinski definition) is 2. The maximum atomic E-state index is 8.84. The molecule has 0 amide bonds. The molecule has 11 heavy (non-hydrogen) atoms. The number of hydrogen-bond donors (Lipinski definition) is 1. The number of nitriles is 1. The molecule has 0 saturated heterocycles. The van der Waals surface area contributed by atoms with Crippen LogP contribution in [0.3, 0.4) is 0 Å². The lowest BCUT2D eigenvalue weighted by Gasteiger charge is -2.11. The van der Waals surface area contributed by atoms with Gasteiger partial charge in [0, 0.05) is 0 Å². The summed E-state index contributed by atoms with van der Waals surface area (Å²) in [6.45, 7) is 4.62. The first kappa shape index (κ1) is 8.11. The highest BCUT2D eigenvalue weighted by Gasteiger charge is 2.61. The second kappa shape index (κ2) is 2.26. The van der Waals surface area contributed by atoms with Crippen LogP contribution < -0.4 is 5.32 Å². The van der Waals surface area contributed by atoms with E-state index in [4.69, 9.17) is 11.7 Å². The van der Waals surface area contributed by atoms with Crippen LogP contribution >= 0.6 is 0 Å². The van der Waals surface area contributed by atoms with Gasteiger partial charge in [-0.15, -0.1) is 6.42 Å². The Hall–Kier alpha value is -0.990. The summed E-state index contributed by atoms with van der Waals surface area (Å²) < 4.78 is 0. The van der Waals surface area contributed by atoms with E-state index in [-0.39, 0.29) is 11.0 Å². The third-order valence-corrected chi connectivity index (χ3v) is 2.42. The molecule has 58 valence electrons. The number of nitrogens with zero attached hydrogens (tertiary/aromatic N) is 1. The van der Waals surface area contributed by atoms with Gasteiger partial charge in [0.05, 0.1) is 12.6 Å². The third kappa shape index (κ3) is 1.11. The fraction of sp³-hybridized carbons (Fsp3) is 0.667. The predicted molar refractivity (Wildman–Crippen MR) is 43.6 cm³/mol. The molecule has 2 heteroatoms. The molecule has 0 aromatic heterocycles. The quantitative estimate of drug-likeness (QED) is 0.591. The molecule has 2 nitrogen and oxygen atoms in total. The number of terminal acetylenes is 1. The van der Waals surface area contributed by atoms with Crippen LogP contribution in [0.5, 0.6) is 0 Å². The van der Waals surface area contributed by atoms with E-state index in [0.29, 0.717) is 6.54 Å². The normalized spacial score (nSPS) is 32.0. The molecule has 1 unspecified atom stereocenters. The van der Waals surface area contributed by atoms with Gasteiger partial charge in [0.15, 0.2) is 0 Å². The molecular weight excluding hydrogens is 136 g/mol. The molecule has 0 aliphatic heterocycles. The molecule has 0 heterocycles. The van der Waals surface area contributed by atoms with Crippen LogP contribution in [0.2, 0.25) is 0 Å². The second-order valence-corrected chi connectivity index (χ2v) is 3.64. The first-order chi connectivity index (χ1) is 5.08. The van der Waals surface area contributed by atoms with Crippen LogP contribution in [0.1, 0.15) is 20.3 Å². The Morgan fingerprint density at radius 3 is 2.45 bits per heavy atom. The Labute approximate surface area is 67.6 Å². The predicted octanol–water partition coefficient (Wildman–Crippen LogP) is 0.901. The molecule has 1 rings (SSSR count). The van der Waals surface area contributed by atoms with Crippen molar-refractivity contribution >= 4 is 0 Å². The van der Waals surface area contributed by atoms with E-state index in [2.05, 4.69) is 31.2 Å². The monoisotopic (exact) mass is 148 g/mol. The van der Waals surface area contributed by atoms with Crippen molar-refractivity contribution in [2.45, 2.75) is 25.8 Å². The topological polar surface area (TPSA) is 35.8 Å². The minimum atomic E-state index is -0.348. The summed E-state index contributed by atoms with van der Waals surface area (Å²) >= 11 is 0. The molecule has 0 bridgehead atoms. The van der Waals surface area contributed by atoms with Crippen molar-refractivity contribution in [2.24, 2.45) is 5.41 Å². The maximum absolute atomic E-state index is 8.84. The van der Waals surface area contributed by atoms with Crippen LogP contribution in [0.4, 0.5) is 0 Å². The molecule has 1 aliphatic rings. The molecule has 1 atom stereocenters. The standard InChI is InChI=1S/C9H12N2/c1-4-5-11-9(7-10)6-8(9,2)3/h1,11H,5-6H2,2-3H3. The van der Waals surface area contributed by atoms with Gasteiger partial charge >= 0.3 is 0 Å². The third-order valence-electron chi connectivity index (χ3n) is 2.42. The molecule has 1 N–H and O–H groups in total. The van der Waals surface area contributed by atoms with E-state index in [0.717, 1.165) is 6.42 Å². The van der Waals surface area contributed by atoms with Crippen molar-refractivity contribution in [3.8, 4) is 18.4 Å². The zero-order valence-electron chi connectivity index (χ0n) is 6.94. The van der Waals surface area contributed by atoms with Crippen molar-refractivity contribution in [3.63, 3.8) is 0 Å². The fourth-order valence-corrected chi connectivity index (χ4v) is 1.35. The molecule has 0 radical (unpaired) electrons. The summed E-state index contributed by atoms with van der Waals surface area (Å²) in [4.78, 5) is 0. The van der Waals surface area contributed by atoms with Gasteiger partial charge in [0.1, 0.15) is 5.54 Å². The largest absolute Gasteiger partial charge is 0.288 e. The molecular formula is C9H12N2. The summed E-state index contributed by atoms with van der Waals surface area (Å²) in [5.74, 6) is 2.47. The summed E-state index contributed by atoms with van der Waals surface area (Å²) in [5, 5.41) is 11.9. The minimum Gasteiger partial charge on any atom is -0.288 e. The van der Waals surface area contributed by atoms with E-state index >= 15 is 0 Å². The fourth-order valence-electron chi connectivity index (χ4n) is 1.35. The number of rotatable bonds is 2. The second-order valence-electron chi connectivity index (χ2n) is 3.64. The van der Waals surface area contributed by atoms with Crippen molar-refractivity contribution in [1.29, 1.82) is 5.26 Å². The van der Waals surface area contributed by atoms with Gasteiger partial charge in [-0.2, -0.15) is 5.26 Å². The smallest absolute Gasteiger partial charge is 0.113 e. The lowest BCUT2D eigenvalue weighted by Crippen LogP contribution is -2.34. The zero-order chi connectivity index (χ0) is 8.54. The Bertz CT molecular complexity index is 241. The Morgan fingerprint density at radius 2 is 2.18 bits per heavy atom. The lowest BCUT2D eigenvalue weighted by molar-refractivity contribution is 0.494. The SMILES string of the molecule is C#CCNC1(C#N)CC1(C)C. The van der Waals surface area contributed by atoms with E-state index in [1.807, 2.05) is 0 Å². The van der Waals surface area contributed by atoms with Crippen LogP contribution in [0.25, 0.3) is 0 Å². The summed E-state index contributed by atoms with van der Waals surface area (Å²) in [7, 11) is 0. The molecule has 1 saturated carbocycles. The van der Waals surface area contributed by atoms with Crippen molar-refractivity contribution in [1.82, 2.24) is 5.32 Å². The van der Waals surface area contributed by atoms with Crippen molar-refractivity contribution in [3.05, 3.63) is 0 Å². The van der Waals surface area contributed by atoms with E-state index in [1.54, 1.807) is 0 Å². The van der Waals surface area contributed by atoms with Crippen molar-refractivity contribution < 1.29 is 0 Å². The lowest BCUT2D eigenvalue weighted by atomic mass is 10.1. The van der Waals surface area contributed by atoms with Gasteiger partial charge in [0.2, 0.25) is 0 Å². The average molecular weight is 148 g/mol. The highest BCUT2D eigenvalue weighted by Crippen LogP contribution is 2.54. The van der Waals surface area contributed by atoms with Gasteiger partial charge < -0.3 is 0 Å². The highest BCUT2D eigenvalue weighted by molar-refractivity contribution is 5.29. The van der Waals surface area contributed by atoms with Crippen LogP contribution in [-0.2, 0) is 0 Å². The van der Waals surface area contributed by atoms with Gasteiger partial charge in [-0.25, -0.2) is 0 Å². The molecule has 0 aromatic rings. The molecule has 1 aliphatic carbocycles. The van der Waals surface area contributed by atoms with Gasteiger partial charge in [-0.05, 0) is 11.8 Å². The van der Waals surface area contributed by atoms with E-state index < -0.39 is 0 Å². The van der Waals surface area contributed by atoms with Gasteiger partial charge in [-0.1, -0.05) is 19.8 Å². The zero-order valence-corrected chi connectivity index (χ0v) is 6.94. The van der Waals surface area contributed by atoms with Crippen molar-refractivity contribution in [2.75, 3.05) is 6.54 Å². The molecule has 0 spiro atoms. The average Bonchev–Trinajstić information content (AvgIpc) is 2.50. The molecule has 1 fully saturated rings. The number of nitrogens with one attached hydrogen (secondary N) is 1. The summed E-state index contributed by atoms with van der Waals surface area (Å²) in [5.41, 5.74) is -0.252. The van der Waals surface area contributed by atoms with E-state index in [9.17, 15) is 0 Å². The Balaban J connectivity index is 2.57. The Morgan fingerprint density at radius 1 is 1.64 bits per heavy atom. The highest BCUT2D eigenvalue weighted by atomic mass is 15.1. The summed E-state index contributed by atoms with van der Waals surface area (Å²) in [6.07, 6.45) is 5.99. The summed E-state index contributed by atoms with van der Waals surface area (Å²) in [6, 6.07) is 2.27. The van der Waals surface area contributed by atoms with Gasteiger partial charge in [-0.3, -0.25) is 5.32 Å². The van der Waals surface area contributed by atoms with Crippen LogP contribution in [-0.4, -0.2) is 12.1 Å². The Kier molecular flexibility index (Phi) is 1.66. The van der Waals surface area contributed by atoms with E-state index in [1.165, 1.54) is 0 Å². The van der Waals surface area contributed by atoms with Crippen LogP contribution in [0, 0.1) is 29.1 Å². The molecule has 0 aromatic carbocycles.